The molecule has 5 heterocycles. The van der Waals surface area contributed by atoms with Crippen LogP contribution in [-0.4, -0.2) is 110 Å². The van der Waals surface area contributed by atoms with Crippen molar-refractivity contribution in [1.29, 1.82) is 0 Å². The number of aliphatic hydroxyl groups is 3. The van der Waals surface area contributed by atoms with Gasteiger partial charge in [-0.3, -0.25) is 22.9 Å². The number of amides is 1. The summed E-state index contributed by atoms with van der Waals surface area (Å²) in [5.74, 6) is -0.848. The van der Waals surface area contributed by atoms with Gasteiger partial charge in [0.05, 0.1) is 19.5 Å². The molecule has 1 amide bonds. The molecule has 3 aromatic heterocycles. The van der Waals surface area contributed by atoms with Crippen LogP contribution in [0, 0.1) is 0 Å². The number of aromatic nitrogens is 5. The van der Waals surface area contributed by atoms with Crippen molar-refractivity contribution in [2.24, 2.45) is 5.73 Å². The van der Waals surface area contributed by atoms with Gasteiger partial charge in [-0.2, -0.15) is 8.88 Å². The SMILES string of the molecule is NC(=O)c1ccc[n+]([C@@H]2O[C@@H](COP(=O)(O)OP(=O)(O)OC[C@@H]3O[C@@H](n4cnc5c(N)ncnc54)[C@@H](OP(=O)(O)O)[C@H]3O)[C@@H](O)[C@H]2O)c1. The number of ether oxygens (including phenoxy) is 2. The van der Waals surface area contributed by atoms with E-state index in [9.17, 15) is 53.4 Å². The van der Waals surface area contributed by atoms with E-state index in [2.05, 4.69) is 23.8 Å². The highest BCUT2D eigenvalue weighted by Crippen LogP contribution is 2.61. The van der Waals surface area contributed by atoms with Gasteiger partial charge in [0.1, 0.15) is 47.9 Å². The first-order chi connectivity index (χ1) is 22.4. The number of aliphatic hydroxyl groups excluding tert-OH is 3. The number of nitrogen functional groups attached to an aromatic ring is 1. The molecule has 2 saturated heterocycles. The molecule has 0 spiro atoms. The van der Waals surface area contributed by atoms with E-state index in [1.165, 1.54) is 29.1 Å². The van der Waals surface area contributed by atoms with Crippen molar-refractivity contribution in [3.8, 4) is 0 Å². The van der Waals surface area contributed by atoms with E-state index in [1.807, 2.05) is 0 Å². The van der Waals surface area contributed by atoms with E-state index in [-0.39, 0.29) is 22.5 Å². The Morgan fingerprint density at radius 2 is 1.60 bits per heavy atom. The highest BCUT2D eigenvalue weighted by molar-refractivity contribution is 7.61. The number of nitrogens with two attached hydrogens (primary N) is 2. The molecule has 0 radical (unpaired) electrons. The molecule has 27 heteroatoms. The molecule has 0 saturated carbocycles. The lowest BCUT2D eigenvalue weighted by Crippen LogP contribution is -2.46. The van der Waals surface area contributed by atoms with Gasteiger partial charge in [-0.05, 0) is 6.07 Å². The molecule has 0 bridgehead atoms. The maximum atomic E-state index is 12.6. The second kappa shape index (κ2) is 13.8. The van der Waals surface area contributed by atoms with Crippen LogP contribution in [0.5, 0.6) is 0 Å². The molecular weight excluding hydrogens is 715 g/mol. The maximum absolute atomic E-state index is 12.6. The number of pyridine rings is 1. The normalized spacial score (nSPS) is 30.3. The van der Waals surface area contributed by atoms with Gasteiger partial charge in [0.2, 0.25) is 0 Å². The van der Waals surface area contributed by atoms with Crippen LogP contribution >= 0.6 is 23.5 Å². The van der Waals surface area contributed by atoms with Crippen molar-refractivity contribution >= 4 is 46.4 Å². The van der Waals surface area contributed by atoms with E-state index in [0.717, 1.165) is 17.2 Å². The molecule has 11 N–H and O–H groups in total. The van der Waals surface area contributed by atoms with Gasteiger partial charge in [-0.15, -0.1) is 0 Å². The second-order valence-corrected chi connectivity index (χ2v) is 14.5. The van der Waals surface area contributed by atoms with Crippen LogP contribution in [0.1, 0.15) is 22.8 Å². The Morgan fingerprint density at radius 3 is 2.23 bits per heavy atom. The first kappa shape index (κ1) is 36.4. The van der Waals surface area contributed by atoms with Gasteiger partial charge >= 0.3 is 23.5 Å². The summed E-state index contributed by atoms with van der Waals surface area (Å²) in [4.78, 5) is 62.2. The van der Waals surface area contributed by atoms with E-state index in [1.54, 1.807) is 0 Å². The number of hydrogen-bond acceptors (Lipinski definition) is 17. The fraction of sp³-hybridized carbons (Fsp3) is 0.476. The minimum atomic E-state index is -5.52. The summed E-state index contributed by atoms with van der Waals surface area (Å²) in [6, 6.07) is 2.79. The van der Waals surface area contributed by atoms with Crippen molar-refractivity contribution in [1.82, 2.24) is 19.5 Å². The molecule has 2 aliphatic rings. The molecule has 48 heavy (non-hydrogen) atoms. The van der Waals surface area contributed by atoms with Crippen LogP contribution in [0.3, 0.4) is 0 Å². The van der Waals surface area contributed by atoms with E-state index >= 15 is 0 Å². The number of fused-ring (bicyclic) bond motifs is 1. The summed E-state index contributed by atoms with van der Waals surface area (Å²) in [5, 5.41) is 31.5. The number of carbonyl (C=O) groups is 1. The molecule has 0 aromatic carbocycles. The molecule has 2 fully saturated rings. The van der Waals surface area contributed by atoms with Gasteiger partial charge in [-0.1, -0.05) is 0 Å². The molecule has 24 nitrogen and oxygen atoms in total. The lowest BCUT2D eigenvalue weighted by molar-refractivity contribution is -0.765. The zero-order valence-corrected chi connectivity index (χ0v) is 26.6. The van der Waals surface area contributed by atoms with Crippen LogP contribution in [0.4, 0.5) is 5.82 Å². The molecule has 3 aromatic rings. The van der Waals surface area contributed by atoms with Crippen molar-refractivity contribution in [2.75, 3.05) is 18.9 Å². The Bertz CT molecular complexity index is 1810. The summed E-state index contributed by atoms with van der Waals surface area (Å²) in [5.41, 5.74) is 11.1. The fourth-order valence-corrected chi connectivity index (χ4v) is 7.47. The number of nitrogens with zero attached hydrogens (tertiary/aromatic N) is 5. The molecule has 5 rings (SSSR count). The van der Waals surface area contributed by atoms with Crippen LogP contribution in [0.25, 0.3) is 11.2 Å². The number of anilines is 1. The van der Waals surface area contributed by atoms with Crippen molar-refractivity contribution < 1.29 is 85.3 Å². The van der Waals surface area contributed by atoms with Gasteiger partial charge in [0.25, 0.3) is 12.1 Å². The average molecular weight is 744 g/mol. The number of phosphoric acid groups is 3. The zero-order valence-electron chi connectivity index (χ0n) is 23.9. The average Bonchev–Trinajstić information content (AvgIpc) is 3.64. The number of imidazole rings is 1. The van der Waals surface area contributed by atoms with Crippen LogP contribution in [0.2, 0.25) is 0 Å². The summed E-state index contributed by atoms with van der Waals surface area (Å²) >= 11 is 0. The van der Waals surface area contributed by atoms with Crippen LogP contribution in [0.15, 0.2) is 37.2 Å². The number of phosphoric ester groups is 3. The lowest BCUT2D eigenvalue weighted by atomic mass is 10.1. The summed E-state index contributed by atoms with van der Waals surface area (Å²) in [6.07, 6.45) is -8.39. The quantitative estimate of drug-likeness (QED) is 0.0626. The third kappa shape index (κ3) is 8.12. The Balaban J connectivity index is 1.21. The smallest absolute Gasteiger partial charge is 0.387 e. The number of rotatable bonds is 13. The van der Waals surface area contributed by atoms with Gasteiger partial charge in [-0.25, -0.2) is 28.6 Å². The number of carbonyl (C=O) groups excluding carboxylic acids is 1. The zero-order chi connectivity index (χ0) is 35.2. The van der Waals surface area contributed by atoms with Gasteiger partial charge in [0, 0.05) is 6.07 Å². The largest absolute Gasteiger partial charge is 0.481 e. The third-order valence-electron chi connectivity index (χ3n) is 6.98. The van der Waals surface area contributed by atoms with E-state index in [4.69, 9.17) is 30.0 Å². The standard InChI is InChI=1S/C21H28N7O17P3/c22-17-12-19(25-7-24-17)28(8-26-12)21-16(44-46(33,34)35)14(30)11(43-21)6-41-48(38,39)45-47(36,37)40-5-10-13(29)15(31)20(42-10)27-3-1-2-9(4-27)18(23)32/h1-4,7-8,10-11,13-16,20-21,29-31H,5-6H2,(H7-,22,23,24,25,32,33,34,35,36,37,38,39)/p+1/t10-,11-,13+,14-,15+,16-,20+,21+/m0/s1. The lowest BCUT2D eigenvalue weighted by Gasteiger charge is -2.22. The van der Waals surface area contributed by atoms with E-state index in [0.29, 0.717) is 0 Å². The predicted molar refractivity (Wildman–Crippen MR) is 150 cm³/mol. The number of primary amides is 1. The minimum Gasteiger partial charge on any atom is -0.387 e. The first-order valence-electron chi connectivity index (χ1n) is 13.3. The number of hydrogen-bond donors (Lipinski definition) is 9. The first-order valence-corrected chi connectivity index (χ1v) is 17.9. The van der Waals surface area contributed by atoms with Gasteiger partial charge in [0.15, 0.2) is 36.2 Å². The predicted octanol–water partition coefficient (Wildman–Crippen LogP) is -2.90. The maximum Gasteiger partial charge on any atom is 0.481 e. The molecular formula is C21H29N7O17P3+. The Morgan fingerprint density at radius 1 is 0.958 bits per heavy atom. The minimum absolute atomic E-state index is 0.00286. The molecule has 10 atom stereocenters. The highest BCUT2D eigenvalue weighted by Gasteiger charge is 2.51. The Kier molecular flexibility index (Phi) is 10.5. The highest BCUT2D eigenvalue weighted by atomic mass is 31.3. The molecule has 2 unspecified atom stereocenters. The monoisotopic (exact) mass is 744 g/mol. The summed E-state index contributed by atoms with van der Waals surface area (Å²) in [7, 11) is -16.3. The third-order valence-corrected chi connectivity index (χ3v) is 10.1. The summed E-state index contributed by atoms with van der Waals surface area (Å²) in [6.45, 7) is -2.03. The van der Waals surface area contributed by atoms with Crippen molar-refractivity contribution in [2.45, 2.75) is 49.1 Å². The Hall–Kier alpha value is -2.86. The van der Waals surface area contributed by atoms with Crippen LogP contribution in [-0.2, 0) is 41.1 Å². The molecule has 0 aliphatic carbocycles. The second-order valence-electron chi connectivity index (χ2n) is 10.3. The van der Waals surface area contributed by atoms with Crippen molar-refractivity contribution in [3.63, 3.8) is 0 Å². The Labute approximate surface area is 267 Å². The molecule has 2 aliphatic heterocycles. The van der Waals surface area contributed by atoms with E-state index < -0.39 is 91.7 Å². The van der Waals surface area contributed by atoms with Crippen molar-refractivity contribution in [3.05, 3.63) is 42.7 Å². The van der Waals surface area contributed by atoms with Gasteiger partial charge < -0.3 is 55.8 Å². The summed E-state index contributed by atoms with van der Waals surface area (Å²) < 4.78 is 68.4. The van der Waals surface area contributed by atoms with Crippen LogP contribution < -0.4 is 16.0 Å². The topological polar surface area (TPSA) is 365 Å². The molecule has 264 valence electrons. The fourth-order valence-electron chi connectivity index (χ4n) is 4.83.